The first kappa shape index (κ1) is 16.3. The molecule has 0 aromatic heterocycles. The summed E-state index contributed by atoms with van der Waals surface area (Å²) in [5.41, 5.74) is 0. The molecule has 120 valence electrons. The Morgan fingerprint density at radius 2 is 2.09 bits per heavy atom. The molecular formula is C17H24N2O3. The molecule has 1 aromatic rings. The minimum Gasteiger partial charge on any atom is -0.493 e. The maximum Gasteiger partial charge on any atom is 0.223 e. The lowest BCUT2D eigenvalue weighted by molar-refractivity contribution is -0.129. The van der Waals surface area contributed by atoms with Crippen molar-refractivity contribution in [1.29, 1.82) is 0 Å². The van der Waals surface area contributed by atoms with Gasteiger partial charge in [-0.2, -0.15) is 0 Å². The number of hydrogen-bond acceptors (Lipinski definition) is 3. The number of carbonyl (C=O) groups excluding carboxylic acids is 2. The van der Waals surface area contributed by atoms with Gasteiger partial charge in [0, 0.05) is 31.5 Å². The molecule has 1 fully saturated rings. The van der Waals surface area contributed by atoms with Crippen LogP contribution in [0.1, 0.15) is 26.7 Å². The summed E-state index contributed by atoms with van der Waals surface area (Å²) in [7, 11) is 0. The van der Waals surface area contributed by atoms with Crippen molar-refractivity contribution in [1.82, 2.24) is 10.2 Å². The van der Waals surface area contributed by atoms with Gasteiger partial charge >= 0.3 is 0 Å². The third-order valence-corrected chi connectivity index (χ3v) is 3.79. The Morgan fingerprint density at radius 1 is 1.36 bits per heavy atom. The molecule has 1 aromatic carbocycles. The fourth-order valence-electron chi connectivity index (χ4n) is 2.57. The summed E-state index contributed by atoms with van der Waals surface area (Å²) in [5.74, 6) is 1.13. The average molecular weight is 304 g/mol. The van der Waals surface area contributed by atoms with Crippen LogP contribution in [0.2, 0.25) is 0 Å². The van der Waals surface area contributed by atoms with E-state index >= 15 is 0 Å². The monoisotopic (exact) mass is 304 g/mol. The number of nitrogens with one attached hydrogen (secondary N) is 1. The van der Waals surface area contributed by atoms with Gasteiger partial charge in [-0.1, -0.05) is 18.2 Å². The molecule has 1 saturated heterocycles. The second-order valence-electron chi connectivity index (χ2n) is 5.93. The van der Waals surface area contributed by atoms with E-state index < -0.39 is 0 Å². The van der Waals surface area contributed by atoms with Crippen molar-refractivity contribution in [3.63, 3.8) is 0 Å². The van der Waals surface area contributed by atoms with E-state index in [0.717, 1.165) is 12.3 Å². The lowest BCUT2D eigenvalue weighted by Gasteiger charge is -2.21. The minimum atomic E-state index is -0.0358. The van der Waals surface area contributed by atoms with Gasteiger partial charge in [-0.05, 0) is 26.0 Å². The van der Waals surface area contributed by atoms with Gasteiger partial charge in [0.2, 0.25) is 11.8 Å². The zero-order valence-corrected chi connectivity index (χ0v) is 13.2. The van der Waals surface area contributed by atoms with E-state index in [2.05, 4.69) is 5.32 Å². The van der Waals surface area contributed by atoms with Crippen molar-refractivity contribution in [2.75, 3.05) is 19.7 Å². The van der Waals surface area contributed by atoms with E-state index in [1.165, 1.54) is 0 Å². The number of amides is 2. The van der Waals surface area contributed by atoms with E-state index in [9.17, 15) is 9.59 Å². The van der Waals surface area contributed by atoms with Gasteiger partial charge in [-0.15, -0.1) is 0 Å². The van der Waals surface area contributed by atoms with E-state index in [1.807, 2.05) is 49.1 Å². The highest BCUT2D eigenvalue weighted by molar-refractivity contribution is 5.79. The van der Waals surface area contributed by atoms with Crippen molar-refractivity contribution in [3.8, 4) is 5.75 Å². The molecule has 5 heteroatoms. The fourth-order valence-corrected chi connectivity index (χ4v) is 2.57. The fraction of sp³-hybridized carbons (Fsp3) is 0.529. The summed E-state index contributed by atoms with van der Waals surface area (Å²) in [4.78, 5) is 25.5. The zero-order valence-electron chi connectivity index (χ0n) is 13.2. The van der Waals surface area contributed by atoms with Crippen molar-refractivity contribution in [3.05, 3.63) is 30.3 Å². The molecule has 2 amide bonds. The highest BCUT2D eigenvalue weighted by atomic mass is 16.5. The Labute approximate surface area is 131 Å². The molecule has 1 N–H and O–H groups in total. The molecule has 0 spiro atoms. The quantitative estimate of drug-likeness (QED) is 0.836. The number of benzene rings is 1. The maximum absolute atomic E-state index is 11.8. The van der Waals surface area contributed by atoms with Crippen LogP contribution in [0.5, 0.6) is 5.75 Å². The molecule has 22 heavy (non-hydrogen) atoms. The second-order valence-corrected chi connectivity index (χ2v) is 5.93. The van der Waals surface area contributed by atoms with Gasteiger partial charge < -0.3 is 15.0 Å². The maximum atomic E-state index is 11.8. The minimum absolute atomic E-state index is 0.0358. The van der Waals surface area contributed by atoms with Crippen LogP contribution in [-0.2, 0) is 9.59 Å². The van der Waals surface area contributed by atoms with Gasteiger partial charge in [0.25, 0.3) is 0 Å². The summed E-state index contributed by atoms with van der Waals surface area (Å²) in [6.45, 7) is 5.67. The predicted molar refractivity (Wildman–Crippen MR) is 84.5 cm³/mol. The summed E-state index contributed by atoms with van der Waals surface area (Å²) >= 11 is 0. The SMILES string of the molecule is CC(C)N1CC(CNC(=O)CCOc2ccccc2)CC1=O. The molecule has 1 unspecified atom stereocenters. The third kappa shape index (κ3) is 4.76. The lowest BCUT2D eigenvalue weighted by atomic mass is 10.1. The molecular weight excluding hydrogens is 280 g/mol. The van der Waals surface area contributed by atoms with E-state index in [1.54, 1.807) is 0 Å². The largest absolute Gasteiger partial charge is 0.493 e. The summed E-state index contributed by atoms with van der Waals surface area (Å²) < 4.78 is 5.49. The molecule has 0 aliphatic carbocycles. The standard InChI is InChI=1S/C17H24N2O3/c1-13(2)19-12-14(10-17(19)21)11-18-16(20)8-9-22-15-6-4-3-5-7-15/h3-7,13-14H,8-12H2,1-2H3,(H,18,20). The number of para-hydroxylation sites is 1. The van der Waals surface area contributed by atoms with Crippen LogP contribution in [0.25, 0.3) is 0 Å². The molecule has 2 rings (SSSR count). The Balaban J connectivity index is 1.63. The van der Waals surface area contributed by atoms with E-state index in [0.29, 0.717) is 26.0 Å². The Bertz CT molecular complexity index is 502. The van der Waals surface area contributed by atoms with Crippen LogP contribution in [0, 0.1) is 5.92 Å². The molecule has 5 nitrogen and oxygen atoms in total. The van der Waals surface area contributed by atoms with E-state index in [4.69, 9.17) is 4.74 Å². The number of ether oxygens (including phenoxy) is 1. The number of carbonyl (C=O) groups is 2. The van der Waals surface area contributed by atoms with Gasteiger partial charge in [-0.25, -0.2) is 0 Å². The first-order valence-corrected chi connectivity index (χ1v) is 7.80. The van der Waals surface area contributed by atoms with Crippen LogP contribution in [-0.4, -0.2) is 42.5 Å². The number of nitrogens with zero attached hydrogens (tertiary/aromatic N) is 1. The number of hydrogen-bond donors (Lipinski definition) is 1. The first-order valence-electron chi connectivity index (χ1n) is 7.80. The predicted octanol–water partition coefficient (Wildman–Crippen LogP) is 1.83. The summed E-state index contributed by atoms with van der Waals surface area (Å²) in [6, 6.07) is 9.67. The van der Waals surface area contributed by atoms with Gasteiger partial charge in [0.05, 0.1) is 13.0 Å². The molecule has 0 saturated carbocycles. The van der Waals surface area contributed by atoms with Crippen LogP contribution >= 0.6 is 0 Å². The summed E-state index contributed by atoms with van der Waals surface area (Å²) in [5, 5.41) is 2.89. The Morgan fingerprint density at radius 3 is 2.73 bits per heavy atom. The molecule has 1 heterocycles. The first-order chi connectivity index (χ1) is 10.6. The second kappa shape index (κ2) is 7.82. The lowest BCUT2D eigenvalue weighted by Crippen LogP contribution is -2.34. The Kier molecular flexibility index (Phi) is 5.81. The van der Waals surface area contributed by atoms with Crippen LogP contribution in [0.15, 0.2) is 30.3 Å². The molecule has 0 bridgehead atoms. The number of rotatable bonds is 7. The van der Waals surface area contributed by atoms with Gasteiger partial charge in [-0.3, -0.25) is 9.59 Å². The zero-order chi connectivity index (χ0) is 15.9. The van der Waals surface area contributed by atoms with Crippen LogP contribution in [0.4, 0.5) is 0 Å². The van der Waals surface area contributed by atoms with Gasteiger partial charge in [0.1, 0.15) is 5.75 Å². The smallest absolute Gasteiger partial charge is 0.223 e. The van der Waals surface area contributed by atoms with E-state index in [-0.39, 0.29) is 23.8 Å². The average Bonchev–Trinajstić information content (AvgIpc) is 2.87. The van der Waals surface area contributed by atoms with Crippen molar-refractivity contribution in [2.45, 2.75) is 32.7 Å². The van der Waals surface area contributed by atoms with Crippen LogP contribution < -0.4 is 10.1 Å². The molecule has 1 atom stereocenters. The highest BCUT2D eigenvalue weighted by Crippen LogP contribution is 2.19. The summed E-state index contributed by atoms with van der Waals surface area (Å²) in [6.07, 6.45) is 0.850. The van der Waals surface area contributed by atoms with Crippen molar-refractivity contribution >= 4 is 11.8 Å². The topological polar surface area (TPSA) is 58.6 Å². The Hall–Kier alpha value is -2.04. The molecule has 1 aliphatic rings. The molecule has 1 aliphatic heterocycles. The van der Waals surface area contributed by atoms with Gasteiger partial charge in [0.15, 0.2) is 0 Å². The van der Waals surface area contributed by atoms with Crippen molar-refractivity contribution in [2.24, 2.45) is 5.92 Å². The number of likely N-dealkylation sites (tertiary alicyclic amines) is 1. The van der Waals surface area contributed by atoms with Crippen molar-refractivity contribution < 1.29 is 14.3 Å². The third-order valence-electron chi connectivity index (χ3n) is 3.79. The molecule has 0 radical (unpaired) electrons. The van der Waals surface area contributed by atoms with Crippen LogP contribution in [0.3, 0.4) is 0 Å². The highest BCUT2D eigenvalue weighted by Gasteiger charge is 2.30. The normalized spacial score (nSPS) is 17.9.